The van der Waals surface area contributed by atoms with Crippen LogP contribution in [-0.2, 0) is 4.74 Å². The Labute approximate surface area is 191 Å². The second kappa shape index (κ2) is 8.75. The van der Waals surface area contributed by atoms with Crippen LogP contribution in [0.2, 0.25) is 0 Å². The van der Waals surface area contributed by atoms with Crippen molar-refractivity contribution in [2.24, 2.45) is 0 Å². The molecular formula is C26H25FN4O2. The minimum atomic E-state index is -0.339. The highest BCUT2D eigenvalue weighted by Crippen LogP contribution is 2.27. The summed E-state index contributed by atoms with van der Waals surface area (Å²) in [5, 5.41) is 4.13. The SMILES string of the molecule is Cc1ccc(C(=O)c2cc3cnc(NC4CCOCC4)nc3n2-c2ccc(F)cc2)c(C)c1. The molecule has 0 unspecified atom stereocenters. The van der Waals surface area contributed by atoms with Crippen molar-refractivity contribution in [2.45, 2.75) is 32.7 Å². The monoisotopic (exact) mass is 444 g/mol. The summed E-state index contributed by atoms with van der Waals surface area (Å²) in [5.41, 5.74) is 4.34. The Morgan fingerprint density at radius 2 is 1.85 bits per heavy atom. The van der Waals surface area contributed by atoms with Crippen molar-refractivity contribution in [3.63, 3.8) is 0 Å². The lowest BCUT2D eigenvalue weighted by molar-refractivity contribution is 0.0903. The van der Waals surface area contributed by atoms with E-state index in [1.54, 1.807) is 29.0 Å². The van der Waals surface area contributed by atoms with Crippen molar-refractivity contribution in [1.82, 2.24) is 14.5 Å². The predicted octanol–water partition coefficient (Wildman–Crippen LogP) is 5.00. The van der Waals surface area contributed by atoms with E-state index in [0.717, 1.165) is 29.4 Å². The molecule has 2 aromatic carbocycles. The summed E-state index contributed by atoms with van der Waals surface area (Å²) < 4.78 is 20.9. The molecule has 0 bridgehead atoms. The lowest BCUT2D eigenvalue weighted by atomic mass is 10.0. The number of aromatic nitrogens is 3. The van der Waals surface area contributed by atoms with Crippen LogP contribution in [0.25, 0.3) is 16.7 Å². The van der Waals surface area contributed by atoms with Crippen LogP contribution in [0, 0.1) is 19.7 Å². The van der Waals surface area contributed by atoms with Gasteiger partial charge in [0, 0.05) is 42.1 Å². The van der Waals surface area contributed by atoms with E-state index < -0.39 is 0 Å². The fourth-order valence-electron chi connectivity index (χ4n) is 4.31. The van der Waals surface area contributed by atoms with Crippen LogP contribution in [0.15, 0.2) is 54.7 Å². The number of ether oxygens (including phenoxy) is 1. The average molecular weight is 445 g/mol. The Morgan fingerprint density at radius 1 is 1.09 bits per heavy atom. The normalized spacial score (nSPS) is 14.5. The van der Waals surface area contributed by atoms with Gasteiger partial charge in [0.05, 0.1) is 5.69 Å². The topological polar surface area (TPSA) is 69.0 Å². The van der Waals surface area contributed by atoms with Crippen molar-refractivity contribution < 1.29 is 13.9 Å². The molecule has 1 aliphatic heterocycles. The molecule has 3 heterocycles. The molecule has 0 saturated carbocycles. The molecule has 1 fully saturated rings. The largest absolute Gasteiger partial charge is 0.381 e. The van der Waals surface area contributed by atoms with Crippen LogP contribution in [-0.4, -0.2) is 39.6 Å². The smallest absolute Gasteiger partial charge is 0.224 e. The molecule has 2 aromatic heterocycles. The van der Waals surface area contributed by atoms with E-state index in [1.165, 1.54) is 12.1 Å². The van der Waals surface area contributed by atoms with E-state index in [4.69, 9.17) is 9.72 Å². The second-order valence-electron chi connectivity index (χ2n) is 8.49. The summed E-state index contributed by atoms with van der Waals surface area (Å²) in [4.78, 5) is 22.9. The number of nitrogens with zero attached hydrogens (tertiary/aromatic N) is 3. The molecule has 4 aromatic rings. The van der Waals surface area contributed by atoms with Crippen LogP contribution >= 0.6 is 0 Å². The van der Waals surface area contributed by atoms with E-state index in [2.05, 4.69) is 10.3 Å². The van der Waals surface area contributed by atoms with Gasteiger partial charge in [-0.25, -0.2) is 9.37 Å². The van der Waals surface area contributed by atoms with E-state index >= 15 is 0 Å². The van der Waals surface area contributed by atoms with Gasteiger partial charge >= 0.3 is 0 Å². The summed E-state index contributed by atoms with van der Waals surface area (Å²) in [7, 11) is 0. The van der Waals surface area contributed by atoms with Gasteiger partial charge in [0.15, 0.2) is 5.65 Å². The zero-order chi connectivity index (χ0) is 22.9. The number of anilines is 1. The number of rotatable bonds is 5. The lowest BCUT2D eigenvalue weighted by Crippen LogP contribution is -2.28. The van der Waals surface area contributed by atoms with Gasteiger partial charge in [0.2, 0.25) is 11.7 Å². The number of aryl methyl sites for hydroxylation is 2. The van der Waals surface area contributed by atoms with Crippen LogP contribution in [0.3, 0.4) is 0 Å². The number of halogens is 1. The van der Waals surface area contributed by atoms with E-state index in [1.807, 2.05) is 32.0 Å². The highest BCUT2D eigenvalue weighted by molar-refractivity contribution is 6.11. The first-order chi connectivity index (χ1) is 16.0. The Hall–Kier alpha value is -3.58. The lowest BCUT2D eigenvalue weighted by Gasteiger charge is -2.23. The predicted molar refractivity (Wildman–Crippen MR) is 126 cm³/mol. The third kappa shape index (κ3) is 4.24. The summed E-state index contributed by atoms with van der Waals surface area (Å²) in [6.45, 7) is 5.35. The summed E-state index contributed by atoms with van der Waals surface area (Å²) in [6.07, 6.45) is 3.50. The summed E-state index contributed by atoms with van der Waals surface area (Å²) in [5.74, 6) is 0.0455. The molecule has 5 rings (SSSR count). The van der Waals surface area contributed by atoms with Gasteiger partial charge in [0.1, 0.15) is 5.82 Å². The number of ketones is 1. The number of nitrogens with one attached hydrogen (secondary N) is 1. The molecule has 7 heteroatoms. The van der Waals surface area contributed by atoms with Crippen molar-refractivity contribution in [3.05, 3.63) is 82.9 Å². The van der Waals surface area contributed by atoms with Crippen molar-refractivity contribution in [3.8, 4) is 5.69 Å². The van der Waals surface area contributed by atoms with Gasteiger partial charge in [0.25, 0.3) is 0 Å². The zero-order valence-corrected chi connectivity index (χ0v) is 18.6. The van der Waals surface area contributed by atoms with Crippen LogP contribution in [0.4, 0.5) is 10.3 Å². The van der Waals surface area contributed by atoms with Gasteiger partial charge in [-0.3, -0.25) is 9.36 Å². The summed E-state index contributed by atoms with van der Waals surface area (Å²) >= 11 is 0. The fourth-order valence-corrected chi connectivity index (χ4v) is 4.31. The zero-order valence-electron chi connectivity index (χ0n) is 18.6. The highest BCUT2D eigenvalue weighted by atomic mass is 19.1. The molecule has 0 aliphatic carbocycles. The van der Waals surface area contributed by atoms with E-state index in [-0.39, 0.29) is 17.6 Å². The van der Waals surface area contributed by atoms with Crippen molar-refractivity contribution >= 4 is 22.8 Å². The Kier molecular flexibility index (Phi) is 5.64. The number of benzene rings is 2. The molecule has 6 nitrogen and oxygen atoms in total. The Balaban J connectivity index is 1.63. The molecule has 0 amide bonds. The fraction of sp³-hybridized carbons (Fsp3) is 0.269. The minimum Gasteiger partial charge on any atom is -0.381 e. The number of hydrogen-bond donors (Lipinski definition) is 1. The maximum Gasteiger partial charge on any atom is 0.224 e. The van der Waals surface area contributed by atoms with Crippen LogP contribution in [0.1, 0.15) is 40.0 Å². The molecule has 1 aliphatic rings. The minimum absolute atomic E-state index is 0.117. The first-order valence-corrected chi connectivity index (χ1v) is 11.1. The molecule has 0 radical (unpaired) electrons. The quantitative estimate of drug-likeness (QED) is 0.439. The molecule has 0 spiro atoms. The standard InChI is InChI=1S/C26H25FN4O2/c1-16-3-8-22(17(2)13-16)24(32)23-14-18-15-28-26(29-20-9-11-33-12-10-20)30-25(18)31(23)21-6-4-19(27)5-7-21/h3-8,13-15,20H,9-12H2,1-2H3,(H,28,29,30). The Morgan fingerprint density at radius 3 is 2.58 bits per heavy atom. The first kappa shape index (κ1) is 21.3. The van der Waals surface area contributed by atoms with Gasteiger partial charge in [-0.1, -0.05) is 23.8 Å². The number of fused-ring (bicyclic) bond motifs is 1. The average Bonchev–Trinajstić information content (AvgIpc) is 3.19. The third-order valence-electron chi connectivity index (χ3n) is 6.04. The van der Waals surface area contributed by atoms with Crippen molar-refractivity contribution in [2.75, 3.05) is 18.5 Å². The molecule has 1 N–H and O–H groups in total. The van der Waals surface area contributed by atoms with Gasteiger partial charge in [-0.2, -0.15) is 4.98 Å². The van der Waals surface area contributed by atoms with E-state index in [0.29, 0.717) is 41.8 Å². The number of carbonyl (C=O) groups excluding carboxylic acids is 1. The third-order valence-corrected chi connectivity index (χ3v) is 6.04. The molecule has 0 atom stereocenters. The first-order valence-electron chi connectivity index (χ1n) is 11.1. The number of hydrogen-bond acceptors (Lipinski definition) is 5. The maximum absolute atomic E-state index is 13.7. The second-order valence-corrected chi connectivity index (χ2v) is 8.49. The molecule has 1 saturated heterocycles. The molecule has 168 valence electrons. The highest BCUT2D eigenvalue weighted by Gasteiger charge is 2.22. The molecular weight excluding hydrogens is 419 g/mol. The Bertz CT molecular complexity index is 1320. The maximum atomic E-state index is 13.7. The van der Waals surface area contributed by atoms with Gasteiger partial charge < -0.3 is 10.1 Å². The summed E-state index contributed by atoms with van der Waals surface area (Å²) in [6, 6.07) is 13.9. The van der Waals surface area contributed by atoms with E-state index in [9.17, 15) is 9.18 Å². The molecule has 33 heavy (non-hydrogen) atoms. The van der Waals surface area contributed by atoms with Gasteiger partial charge in [-0.15, -0.1) is 0 Å². The number of carbonyl (C=O) groups is 1. The van der Waals surface area contributed by atoms with Crippen molar-refractivity contribution in [1.29, 1.82) is 0 Å². The van der Waals surface area contributed by atoms with Gasteiger partial charge in [-0.05, 0) is 62.6 Å². The van der Waals surface area contributed by atoms with Crippen LogP contribution < -0.4 is 5.32 Å². The van der Waals surface area contributed by atoms with Crippen LogP contribution in [0.5, 0.6) is 0 Å².